The molecule has 0 saturated heterocycles. The summed E-state index contributed by atoms with van der Waals surface area (Å²) < 4.78 is 5.14. The number of hydrogen-bond donors (Lipinski definition) is 2. The second-order valence-electron chi connectivity index (χ2n) is 5.42. The highest BCUT2D eigenvalue weighted by molar-refractivity contribution is 6.00. The van der Waals surface area contributed by atoms with Crippen molar-refractivity contribution < 1.29 is 9.53 Å². The minimum absolute atomic E-state index is 0.109. The number of ether oxygens (including phenoxy) is 1. The Labute approximate surface area is 114 Å². The molecule has 3 N–H and O–H groups in total. The highest BCUT2D eigenvalue weighted by atomic mass is 16.5. The zero-order chi connectivity index (χ0) is 14.0. The molecule has 1 aromatic carbocycles. The van der Waals surface area contributed by atoms with Crippen LogP contribution in [0.2, 0.25) is 0 Å². The van der Waals surface area contributed by atoms with Crippen molar-refractivity contribution in [3.63, 3.8) is 0 Å². The molecule has 104 valence electrons. The summed E-state index contributed by atoms with van der Waals surface area (Å²) in [5, 5.41) is 3.09. The van der Waals surface area contributed by atoms with Gasteiger partial charge in [0.2, 0.25) is 0 Å². The molecule has 1 saturated carbocycles. The molecule has 0 aromatic heterocycles. The van der Waals surface area contributed by atoms with Crippen molar-refractivity contribution in [1.82, 2.24) is 5.32 Å². The number of carbonyl (C=O) groups is 1. The normalized spacial score (nSPS) is 26.2. The summed E-state index contributed by atoms with van der Waals surface area (Å²) >= 11 is 0. The van der Waals surface area contributed by atoms with Gasteiger partial charge in [-0.25, -0.2) is 0 Å². The lowest BCUT2D eigenvalue weighted by atomic mass is 9.97. The predicted molar refractivity (Wildman–Crippen MR) is 76.2 cm³/mol. The number of para-hydroxylation sites is 1. The Bertz CT molecular complexity index is 473. The zero-order valence-corrected chi connectivity index (χ0v) is 11.8. The summed E-state index contributed by atoms with van der Waals surface area (Å²) in [7, 11) is 1.55. The molecule has 0 radical (unpaired) electrons. The second-order valence-corrected chi connectivity index (χ2v) is 5.42. The Morgan fingerprint density at radius 1 is 1.37 bits per heavy atom. The first kappa shape index (κ1) is 13.7. The Kier molecular flexibility index (Phi) is 3.98. The van der Waals surface area contributed by atoms with E-state index in [1.807, 2.05) is 0 Å². The number of amides is 1. The maximum absolute atomic E-state index is 12.3. The highest BCUT2D eigenvalue weighted by Crippen LogP contribution is 2.32. The molecule has 0 heterocycles. The minimum Gasteiger partial charge on any atom is -0.495 e. The molecular weight excluding hydrogens is 240 g/mol. The van der Waals surface area contributed by atoms with Crippen LogP contribution >= 0.6 is 0 Å². The topological polar surface area (TPSA) is 64.3 Å². The molecule has 0 aliphatic heterocycles. The first-order valence-corrected chi connectivity index (χ1v) is 6.78. The van der Waals surface area contributed by atoms with E-state index in [9.17, 15) is 4.79 Å². The number of anilines is 1. The molecule has 0 spiro atoms. The van der Waals surface area contributed by atoms with E-state index >= 15 is 0 Å². The molecule has 3 atom stereocenters. The number of nitrogen functional groups attached to an aromatic ring is 1. The molecule has 19 heavy (non-hydrogen) atoms. The number of methoxy groups -OCH3 is 1. The van der Waals surface area contributed by atoms with Gasteiger partial charge >= 0.3 is 0 Å². The van der Waals surface area contributed by atoms with Gasteiger partial charge in [0.15, 0.2) is 0 Å². The van der Waals surface area contributed by atoms with Gasteiger partial charge in [-0.15, -0.1) is 0 Å². The predicted octanol–water partition coefficient (Wildman–Crippen LogP) is 2.44. The molecule has 1 aromatic rings. The van der Waals surface area contributed by atoms with Crippen molar-refractivity contribution in [2.45, 2.75) is 32.7 Å². The third kappa shape index (κ3) is 2.67. The van der Waals surface area contributed by atoms with Crippen molar-refractivity contribution >= 4 is 11.6 Å². The SMILES string of the molecule is COc1cccc(C(=O)NC2CCC(C)C2C)c1N. The molecule has 1 aliphatic rings. The van der Waals surface area contributed by atoms with Crippen LogP contribution in [0.1, 0.15) is 37.0 Å². The average molecular weight is 262 g/mol. The lowest BCUT2D eigenvalue weighted by Crippen LogP contribution is -2.37. The van der Waals surface area contributed by atoms with E-state index in [0.29, 0.717) is 28.8 Å². The number of benzene rings is 1. The lowest BCUT2D eigenvalue weighted by molar-refractivity contribution is 0.0928. The smallest absolute Gasteiger partial charge is 0.253 e. The molecule has 2 rings (SSSR count). The van der Waals surface area contributed by atoms with Gasteiger partial charge < -0.3 is 15.8 Å². The molecule has 0 bridgehead atoms. The van der Waals surface area contributed by atoms with Gasteiger partial charge in [-0.2, -0.15) is 0 Å². The number of hydrogen-bond acceptors (Lipinski definition) is 3. The summed E-state index contributed by atoms with van der Waals surface area (Å²) in [5.41, 5.74) is 6.84. The van der Waals surface area contributed by atoms with Gasteiger partial charge in [0.05, 0.1) is 18.4 Å². The summed E-state index contributed by atoms with van der Waals surface area (Å²) in [5.74, 6) is 1.60. The fraction of sp³-hybridized carbons (Fsp3) is 0.533. The Morgan fingerprint density at radius 2 is 2.11 bits per heavy atom. The van der Waals surface area contributed by atoms with Gasteiger partial charge in [-0.05, 0) is 36.8 Å². The van der Waals surface area contributed by atoms with Crippen molar-refractivity contribution in [3.05, 3.63) is 23.8 Å². The van der Waals surface area contributed by atoms with E-state index in [0.717, 1.165) is 6.42 Å². The van der Waals surface area contributed by atoms with Crippen LogP contribution in [0, 0.1) is 11.8 Å². The van der Waals surface area contributed by atoms with Crippen LogP contribution in [0.4, 0.5) is 5.69 Å². The van der Waals surface area contributed by atoms with Gasteiger partial charge in [0, 0.05) is 6.04 Å². The number of rotatable bonds is 3. The number of nitrogens with two attached hydrogens (primary N) is 1. The van der Waals surface area contributed by atoms with Crippen molar-refractivity contribution in [2.24, 2.45) is 11.8 Å². The lowest BCUT2D eigenvalue weighted by Gasteiger charge is -2.20. The second kappa shape index (κ2) is 5.51. The van der Waals surface area contributed by atoms with Crippen LogP contribution in [0.3, 0.4) is 0 Å². The molecule has 1 fully saturated rings. The maximum Gasteiger partial charge on any atom is 0.253 e. The maximum atomic E-state index is 12.3. The number of nitrogens with one attached hydrogen (secondary N) is 1. The average Bonchev–Trinajstić information content (AvgIpc) is 2.71. The monoisotopic (exact) mass is 262 g/mol. The Morgan fingerprint density at radius 3 is 2.68 bits per heavy atom. The van der Waals surface area contributed by atoms with E-state index in [1.165, 1.54) is 6.42 Å². The van der Waals surface area contributed by atoms with E-state index in [-0.39, 0.29) is 11.9 Å². The summed E-state index contributed by atoms with van der Waals surface area (Å²) in [6.45, 7) is 4.42. The fourth-order valence-electron chi connectivity index (χ4n) is 2.73. The van der Waals surface area contributed by atoms with Crippen molar-refractivity contribution in [2.75, 3.05) is 12.8 Å². The third-order valence-corrected chi connectivity index (χ3v) is 4.31. The van der Waals surface area contributed by atoms with Gasteiger partial charge in [-0.3, -0.25) is 4.79 Å². The van der Waals surface area contributed by atoms with E-state index in [1.54, 1.807) is 25.3 Å². The first-order chi connectivity index (χ1) is 9.04. The zero-order valence-electron chi connectivity index (χ0n) is 11.8. The highest BCUT2D eigenvalue weighted by Gasteiger charge is 2.31. The van der Waals surface area contributed by atoms with E-state index < -0.39 is 0 Å². The standard InChI is InChI=1S/C15H22N2O2/c1-9-7-8-12(10(9)2)17-15(18)11-5-4-6-13(19-3)14(11)16/h4-6,9-10,12H,7-8,16H2,1-3H3,(H,17,18). The van der Waals surface area contributed by atoms with Crippen LogP contribution in [0.15, 0.2) is 18.2 Å². The van der Waals surface area contributed by atoms with Crippen molar-refractivity contribution in [3.8, 4) is 5.75 Å². The third-order valence-electron chi connectivity index (χ3n) is 4.31. The molecule has 1 amide bonds. The van der Waals surface area contributed by atoms with E-state index in [4.69, 9.17) is 10.5 Å². The quantitative estimate of drug-likeness (QED) is 0.822. The van der Waals surface area contributed by atoms with Crippen LogP contribution < -0.4 is 15.8 Å². The fourth-order valence-corrected chi connectivity index (χ4v) is 2.73. The molecule has 4 nitrogen and oxygen atoms in total. The number of carbonyl (C=O) groups excluding carboxylic acids is 1. The van der Waals surface area contributed by atoms with Gasteiger partial charge in [-0.1, -0.05) is 19.9 Å². The van der Waals surface area contributed by atoms with Crippen molar-refractivity contribution in [1.29, 1.82) is 0 Å². The van der Waals surface area contributed by atoms with Crippen LogP contribution in [0.25, 0.3) is 0 Å². The molecular formula is C15H22N2O2. The minimum atomic E-state index is -0.109. The Hall–Kier alpha value is -1.71. The molecule has 3 unspecified atom stereocenters. The molecule has 4 heteroatoms. The Balaban J connectivity index is 2.12. The van der Waals surface area contributed by atoms with Crippen LogP contribution in [-0.4, -0.2) is 19.1 Å². The summed E-state index contributed by atoms with van der Waals surface area (Å²) in [6, 6.07) is 5.51. The van der Waals surface area contributed by atoms with Gasteiger partial charge in [0.25, 0.3) is 5.91 Å². The van der Waals surface area contributed by atoms with E-state index in [2.05, 4.69) is 19.2 Å². The van der Waals surface area contributed by atoms with Crippen LogP contribution in [0.5, 0.6) is 5.75 Å². The van der Waals surface area contributed by atoms with Gasteiger partial charge in [0.1, 0.15) is 5.75 Å². The van der Waals surface area contributed by atoms with Crippen LogP contribution in [-0.2, 0) is 0 Å². The summed E-state index contributed by atoms with van der Waals surface area (Å²) in [6.07, 6.45) is 2.21. The first-order valence-electron chi connectivity index (χ1n) is 6.78. The largest absolute Gasteiger partial charge is 0.495 e. The molecule has 1 aliphatic carbocycles. The summed E-state index contributed by atoms with van der Waals surface area (Å²) in [4.78, 5) is 12.3.